The van der Waals surface area contributed by atoms with Crippen molar-refractivity contribution in [1.82, 2.24) is 15.1 Å². The Balaban J connectivity index is 1.57. The number of piperidine rings is 1. The highest BCUT2D eigenvalue weighted by Crippen LogP contribution is 2.29. The smallest absolute Gasteiger partial charge is 0.407 e. The molecule has 28 heavy (non-hydrogen) atoms. The number of aromatic amines is 1. The molecule has 146 valence electrons. The summed E-state index contributed by atoms with van der Waals surface area (Å²) in [7, 11) is -3.61. The molecule has 1 aliphatic rings. The molecule has 0 radical (unpaired) electrons. The van der Waals surface area contributed by atoms with Crippen LogP contribution in [0.4, 0.5) is 10.5 Å². The van der Waals surface area contributed by atoms with E-state index in [1.54, 1.807) is 18.2 Å². The Labute approximate surface area is 162 Å². The van der Waals surface area contributed by atoms with Gasteiger partial charge in [0, 0.05) is 29.7 Å². The van der Waals surface area contributed by atoms with E-state index in [0.29, 0.717) is 5.69 Å². The van der Waals surface area contributed by atoms with Crippen LogP contribution in [0.2, 0.25) is 0 Å². The number of hydrogen-bond acceptors (Lipinski definition) is 4. The van der Waals surface area contributed by atoms with Crippen LogP contribution in [0, 0.1) is 0 Å². The molecule has 0 unspecified atom stereocenters. The first-order valence-corrected chi connectivity index (χ1v) is 10.5. The van der Waals surface area contributed by atoms with Crippen molar-refractivity contribution < 1.29 is 18.3 Å². The summed E-state index contributed by atoms with van der Waals surface area (Å²) in [5, 5.41) is 16.5. The third kappa shape index (κ3) is 3.53. The fraction of sp³-hybridized carbons (Fsp3) is 0.263. The molecule has 0 bridgehead atoms. The predicted molar refractivity (Wildman–Crippen MR) is 107 cm³/mol. The van der Waals surface area contributed by atoms with Gasteiger partial charge in [-0.25, -0.2) is 13.2 Å². The monoisotopic (exact) mass is 400 g/mol. The van der Waals surface area contributed by atoms with Crippen molar-refractivity contribution in [2.24, 2.45) is 0 Å². The first-order valence-electron chi connectivity index (χ1n) is 8.97. The summed E-state index contributed by atoms with van der Waals surface area (Å²) in [6.07, 6.45) is -0.446. The Hall–Kier alpha value is -3.07. The van der Waals surface area contributed by atoms with Crippen LogP contribution in [0.3, 0.4) is 0 Å². The summed E-state index contributed by atoms with van der Waals surface area (Å²) < 4.78 is 28.2. The fourth-order valence-electron chi connectivity index (χ4n) is 3.50. The van der Waals surface area contributed by atoms with E-state index in [2.05, 4.69) is 14.9 Å². The quantitative estimate of drug-likeness (QED) is 0.622. The Morgan fingerprint density at radius 2 is 1.86 bits per heavy atom. The molecule has 2 heterocycles. The zero-order valence-corrected chi connectivity index (χ0v) is 15.8. The van der Waals surface area contributed by atoms with E-state index in [1.807, 2.05) is 30.3 Å². The van der Waals surface area contributed by atoms with Gasteiger partial charge in [0.05, 0.1) is 16.5 Å². The average molecular weight is 400 g/mol. The second-order valence-electron chi connectivity index (χ2n) is 6.81. The Kier molecular flexibility index (Phi) is 4.68. The zero-order valence-electron chi connectivity index (χ0n) is 15.0. The van der Waals surface area contributed by atoms with Crippen molar-refractivity contribution in [1.29, 1.82) is 0 Å². The molecule has 1 amide bonds. The van der Waals surface area contributed by atoms with Crippen LogP contribution < -0.4 is 4.72 Å². The summed E-state index contributed by atoms with van der Waals surface area (Å²) in [6, 6.07) is 14.9. The number of anilines is 1. The number of amides is 1. The Morgan fingerprint density at radius 3 is 2.54 bits per heavy atom. The molecule has 1 fully saturated rings. The average Bonchev–Trinajstić information content (AvgIpc) is 3.11. The van der Waals surface area contributed by atoms with Crippen LogP contribution >= 0.6 is 0 Å². The van der Waals surface area contributed by atoms with Gasteiger partial charge in [-0.05, 0) is 31.0 Å². The number of rotatable bonds is 4. The second-order valence-corrected chi connectivity index (χ2v) is 8.78. The molecule has 1 aliphatic heterocycles. The van der Waals surface area contributed by atoms with Gasteiger partial charge in [0.15, 0.2) is 0 Å². The third-order valence-electron chi connectivity index (χ3n) is 5.02. The number of aromatic nitrogens is 2. The highest BCUT2D eigenvalue weighted by atomic mass is 32.2. The minimum Gasteiger partial charge on any atom is -0.465 e. The van der Waals surface area contributed by atoms with Gasteiger partial charge in [-0.3, -0.25) is 9.82 Å². The Bertz CT molecular complexity index is 1100. The van der Waals surface area contributed by atoms with Crippen LogP contribution in [0.25, 0.3) is 22.2 Å². The molecule has 0 saturated carbocycles. The summed E-state index contributed by atoms with van der Waals surface area (Å²) in [5.41, 5.74) is 2.98. The van der Waals surface area contributed by atoms with Crippen molar-refractivity contribution in [2.45, 2.75) is 18.1 Å². The van der Waals surface area contributed by atoms with E-state index in [-0.39, 0.29) is 25.9 Å². The van der Waals surface area contributed by atoms with E-state index in [1.165, 1.54) is 4.90 Å². The molecule has 0 atom stereocenters. The maximum atomic E-state index is 12.8. The van der Waals surface area contributed by atoms with Gasteiger partial charge >= 0.3 is 6.09 Å². The van der Waals surface area contributed by atoms with Gasteiger partial charge in [0.1, 0.15) is 0 Å². The first-order chi connectivity index (χ1) is 13.4. The van der Waals surface area contributed by atoms with Gasteiger partial charge < -0.3 is 10.0 Å². The maximum Gasteiger partial charge on any atom is 0.407 e. The molecule has 0 spiro atoms. The number of H-pyrrole nitrogens is 1. The lowest BCUT2D eigenvalue weighted by molar-refractivity contribution is 0.136. The largest absolute Gasteiger partial charge is 0.465 e. The normalized spacial score (nSPS) is 15.6. The van der Waals surface area contributed by atoms with E-state index in [0.717, 1.165) is 22.2 Å². The minimum absolute atomic E-state index is 0.222. The van der Waals surface area contributed by atoms with Crippen LogP contribution in [0.15, 0.2) is 48.5 Å². The zero-order chi connectivity index (χ0) is 19.7. The number of fused-ring (bicyclic) bond motifs is 1. The summed E-state index contributed by atoms with van der Waals surface area (Å²) >= 11 is 0. The summed E-state index contributed by atoms with van der Waals surface area (Å²) in [5.74, 6) is 0. The maximum absolute atomic E-state index is 12.8. The van der Waals surface area contributed by atoms with Gasteiger partial charge in [-0.15, -0.1) is 0 Å². The fourth-order valence-corrected chi connectivity index (χ4v) is 4.95. The van der Waals surface area contributed by atoms with E-state index < -0.39 is 21.4 Å². The lowest BCUT2D eigenvalue weighted by Crippen LogP contribution is -2.43. The third-order valence-corrected chi connectivity index (χ3v) is 6.89. The van der Waals surface area contributed by atoms with Crippen LogP contribution in [-0.4, -0.2) is 53.1 Å². The van der Waals surface area contributed by atoms with Gasteiger partial charge in [0.25, 0.3) is 0 Å². The predicted octanol–water partition coefficient (Wildman–Crippen LogP) is 3.11. The molecule has 3 N–H and O–H groups in total. The van der Waals surface area contributed by atoms with Gasteiger partial charge in [0.2, 0.25) is 10.0 Å². The first kappa shape index (κ1) is 18.3. The molecule has 9 heteroatoms. The van der Waals surface area contributed by atoms with Crippen LogP contribution in [-0.2, 0) is 10.0 Å². The molecule has 1 saturated heterocycles. The van der Waals surface area contributed by atoms with Crippen LogP contribution in [0.5, 0.6) is 0 Å². The number of nitrogens with one attached hydrogen (secondary N) is 2. The number of benzene rings is 2. The van der Waals surface area contributed by atoms with E-state index in [4.69, 9.17) is 5.11 Å². The lowest BCUT2D eigenvalue weighted by Gasteiger charge is -2.29. The highest BCUT2D eigenvalue weighted by molar-refractivity contribution is 7.93. The number of hydrogen-bond donors (Lipinski definition) is 3. The summed E-state index contributed by atoms with van der Waals surface area (Å²) in [6.45, 7) is 0.444. The van der Waals surface area contributed by atoms with Crippen molar-refractivity contribution in [3.05, 3.63) is 48.5 Å². The molecule has 3 aromatic rings. The molecule has 4 rings (SSSR count). The Morgan fingerprint density at radius 1 is 1.14 bits per heavy atom. The standard InChI is InChI=1S/C19H20N4O4S/c24-19(25)23-10-8-15(9-11-23)28(26,27)22-14-6-7-17-16(12-14)18(21-20-17)13-4-2-1-3-5-13/h1-7,12,15,22H,8-11H2,(H,20,21)(H,24,25). The van der Waals surface area contributed by atoms with Crippen molar-refractivity contribution in [2.75, 3.05) is 17.8 Å². The summed E-state index contributed by atoms with van der Waals surface area (Å²) in [4.78, 5) is 12.2. The van der Waals surface area contributed by atoms with Gasteiger partial charge in [-0.2, -0.15) is 5.10 Å². The number of carbonyl (C=O) groups is 1. The van der Waals surface area contributed by atoms with Crippen molar-refractivity contribution in [3.63, 3.8) is 0 Å². The SMILES string of the molecule is O=C(O)N1CCC(S(=O)(=O)Nc2ccc3[nH]nc(-c4ccccc4)c3c2)CC1. The van der Waals surface area contributed by atoms with Crippen molar-refractivity contribution in [3.8, 4) is 11.3 Å². The molecule has 8 nitrogen and oxygen atoms in total. The number of nitrogens with zero attached hydrogens (tertiary/aromatic N) is 2. The number of sulfonamides is 1. The molecule has 0 aliphatic carbocycles. The molecule has 1 aromatic heterocycles. The highest BCUT2D eigenvalue weighted by Gasteiger charge is 2.31. The molecular formula is C19H20N4O4S. The number of carboxylic acid groups (broad SMARTS) is 1. The number of likely N-dealkylation sites (tertiary alicyclic amines) is 1. The van der Waals surface area contributed by atoms with E-state index >= 15 is 0 Å². The van der Waals surface area contributed by atoms with Crippen molar-refractivity contribution >= 4 is 32.7 Å². The molecular weight excluding hydrogens is 380 g/mol. The second kappa shape index (κ2) is 7.16. The van der Waals surface area contributed by atoms with Crippen LogP contribution in [0.1, 0.15) is 12.8 Å². The minimum atomic E-state index is -3.61. The topological polar surface area (TPSA) is 115 Å². The lowest BCUT2D eigenvalue weighted by atomic mass is 10.1. The van der Waals surface area contributed by atoms with Gasteiger partial charge in [-0.1, -0.05) is 30.3 Å². The van der Waals surface area contributed by atoms with E-state index in [9.17, 15) is 13.2 Å². The molecule has 2 aromatic carbocycles.